The molecule has 2 aromatic carbocycles. The van der Waals surface area contributed by atoms with Crippen LogP contribution in [-0.2, 0) is 4.74 Å². The first-order valence-electron chi connectivity index (χ1n) is 12.8. The number of aromatic nitrogens is 3. The van der Waals surface area contributed by atoms with Gasteiger partial charge in [0.25, 0.3) is 0 Å². The van der Waals surface area contributed by atoms with Gasteiger partial charge in [0.05, 0.1) is 37.7 Å². The first kappa shape index (κ1) is 24.0. The average molecular weight is 519 g/mol. The maximum Gasteiger partial charge on any atom is 0.245 e. The molecule has 4 aromatic rings. The summed E-state index contributed by atoms with van der Waals surface area (Å²) in [4.78, 5) is 9.62. The van der Waals surface area contributed by atoms with Crippen molar-refractivity contribution >= 4 is 34.4 Å². The summed E-state index contributed by atoms with van der Waals surface area (Å²) in [6.07, 6.45) is 4.18. The highest BCUT2D eigenvalue weighted by Crippen LogP contribution is 2.33. The fraction of sp³-hybridized carbons (Fsp3) is 0.357. The Morgan fingerprint density at radius 1 is 1.00 bits per heavy atom. The van der Waals surface area contributed by atoms with E-state index in [0.717, 1.165) is 67.6 Å². The lowest BCUT2D eigenvalue weighted by molar-refractivity contribution is 0.0115. The number of methoxy groups -OCH3 is 1. The van der Waals surface area contributed by atoms with Crippen molar-refractivity contribution in [2.24, 2.45) is 0 Å². The van der Waals surface area contributed by atoms with E-state index in [1.165, 1.54) is 18.5 Å². The standard InChI is InChI=1S/C28H31ClN6O2/c1-36-27-8-5-20(29)17-25(27)26-7-6-24-19-30-28(32-35(24)26)31-21-3-2-4-23(18-21)33-11-9-22(10-12-33)34-13-15-37-16-14-34/h2-8,17-19,22H,9-16H2,1H3,(H,31,32). The van der Waals surface area contributed by atoms with Crippen LogP contribution in [-0.4, -0.2) is 72.0 Å². The maximum absolute atomic E-state index is 6.29. The van der Waals surface area contributed by atoms with Crippen LogP contribution in [0.15, 0.2) is 60.8 Å². The van der Waals surface area contributed by atoms with Crippen molar-refractivity contribution in [1.82, 2.24) is 19.5 Å². The summed E-state index contributed by atoms with van der Waals surface area (Å²) in [6, 6.07) is 18.7. The van der Waals surface area contributed by atoms with Gasteiger partial charge < -0.3 is 19.7 Å². The molecule has 0 bridgehead atoms. The summed E-state index contributed by atoms with van der Waals surface area (Å²) in [7, 11) is 1.66. The topological polar surface area (TPSA) is 67.2 Å². The Labute approximate surface area is 221 Å². The van der Waals surface area contributed by atoms with Crippen LogP contribution in [0.25, 0.3) is 16.8 Å². The lowest BCUT2D eigenvalue weighted by Gasteiger charge is -2.40. The molecule has 0 atom stereocenters. The Hall–Kier alpha value is -3.33. The SMILES string of the molecule is COc1ccc(Cl)cc1-c1ccc2cnc(Nc3cccc(N4CCC(N5CCOCC5)CC4)c3)nn12. The minimum Gasteiger partial charge on any atom is -0.496 e. The summed E-state index contributed by atoms with van der Waals surface area (Å²) in [5.74, 6) is 1.26. The predicted molar refractivity (Wildman–Crippen MR) is 147 cm³/mol. The normalized spacial score (nSPS) is 17.3. The Balaban J connectivity index is 1.19. The number of rotatable bonds is 6. The van der Waals surface area contributed by atoms with E-state index in [0.29, 0.717) is 17.0 Å². The van der Waals surface area contributed by atoms with Crippen LogP contribution in [0.4, 0.5) is 17.3 Å². The smallest absolute Gasteiger partial charge is 0.245 e. The van der Waals surface area contributed by atoms with Gasteiger partial charge in [-0.2, -0.15) is 0 Å². The molecule has 2 aliphatic rings. The van der Waals surface area contributed by atoms with Crippen molar-refractivity contribution in [2.45, 2.75) is 18.9 Å². The third-order valence-corrected chi connectivity index (χ3v) is 7.57. The zero-order valence-corrected chi connectivity index (χ0v) is 21.7. The first-order valence-corrected chi connectivity index (χ1v) is 13.2. The fourth-order valence-corrected chi connectivity index (χ4v) is 5.56. The molecule has 37 heavy (non-hydrogen) atoms. The summed E-state index contributed by atoms with van der Waals surface area (Å²) >= 11 is 6.29. The van der Waals surface area contributed by atoms with E-state index in [2.05, 4.69) is 38.3 Å². The molecule has 0 unspecified atom stereocenters. The molecule has 0 aliphatic carbocycles. The lowest BCUT2D eigenvalue weighted by Crippen LogP contribution is -2.49. The molecule has 4 heterocycles. The highest BCUT2D eigenvalue weighted by molar-refractivity contribution is 6.31. The number of halogens is 1. The minimum atomic E-state index is 0.522. The number of nitrogens with one attached hydrogen (secondary N) is 1. The van der Waals surface area contributed by atoms with Gasteiger partial charge in [-0.15, -0.1) is 5.10 Å². The van der Waals surface area contributed by atoms with Crippen LogP contribution in [0.5, 0.6) is 5.75 Å². The number of nitrogens with zero attached hydrogens (tertiary/aromatic N) is 5. The second kappa shape index (κ2) is 10.6. The van der Waals surface area contributed by atoms with Crippen molar-refractivity contribution in [2.75, 3.05) is 56.7 Å². The minimum absolute atomic E-state index is 0.522. The van der Waals surface area contributed by atoms with Crippen LogP contribution in [0, 0.1) is 0 Å². The number of morpholine rings is 1. The average Bonchev–Trinajstić information content (AvgIpc) is 3.37. The van der Waals surface area contributed by atoms with Crippen molar-refractivity contribution in [3.05, 3.63) is 65.8 Å². The number of fused-ring (bicyclic) bond motifs is 1. The number of piperidine rings is 1. The van der Waals surface area contributed by atoms with E-state index in [4.69, 9.17) is 26.2 Å². The second-order valence-corrected chi connectivity index (χ2v) is 9.96. The number of ether oxygens (including phenoxy) is 2. The molecule has 2 aliphatic heterocycles. The number of anilines is 3. The largest absolute Gasteiger partial charge is 0.496 e. The van der Waals surface area contributed by atoms with Crippen LogP contribution < -0.4 is 15.0 Å². The molecule has 0 amide bonds. The molecular formula is C28H31ClN6O2. The van der Waals surface area contributed by atoms with Gasteiger partial charge in [0.2, 0.25) is 5.95 Å². The van der Waals surface area contributed by atoms with E-state index >= 15 is 0 Å². The van der Waals surface area contributed by atoms with Gasteiger partial charge in [0.1, 0.15) is 5.75 Å². The van der Waals surface area contributed by atoms with Gasteiger partial charge in [-0.25, -0.2) is 9.50 Å². The van der Waals surface area contributed by atoms with Crippen molar-refractivity contribution in [1.29, 1.82) is 0 Å². The van der Waals surface area contributed by atoms with E-state index in [9.17, 15) is 0 Å². The van der Waals surface area contributed by atoms with Crippen LogP contribution >= 0.6 is 11.6 Å². The first-order chi connectivity index (χ1) is 18.2. The third kappa shape index (κ3) is 5.09. The quantitative estimate of drug-likeness (QED) is 0.381. The van der Waals surface area contributed by atoms with Crippen LogP contribution in [0.3, 0.4) is 0 Å². The van der Waals surface area contributed by atoms with Gasteiger partial charge in [-0.1, -0.05) is 17.7 Å². The second-order valence-electron chi connectivity index (χ2n) is 9.52. The van der Waals surface area contributed by atoms with Crippen molar-refractivity contribution in [3.63, 3.8) is 0 Å². The lowest BCUT2D eigenvalue weighted by atomic mass is 10.0. The summed E-state index contributed by atoms with van der Waals surface area (Å²) in [5.41, 5.74) is 4.83. The molecule has 0 spiro atoms. The van der Waals surface area contributed by atoms with Gasteiger partial charge in [-0.3, -0.25) is 4.90 Å². The maximum atomic E-state index is 6.29. The van der Waals surface area contributed by atoms with Gasteiger partial charge in [0, 0.05) is 54.2 Å². The van der Waals surface area contributed by atoms with E-state index < -0.39 is 0 Å². The molecule has 2 aromatic heterocycles. The monoisotopic (exact) mass is 518 g/mol. The molecule has 192 valence electrons. The molecule has 9 heteroatoms. The van der Waals surface area contributed by atoms with Crippen molar-refractivity contribution in [3.8, 4) is 17.0 Å². The highest BCUT2D eigenvalue weighted by atomic mass is 35.5. The highest BCUT2D eigenvalue weighted by Gasteiger charge is 2.26. The number of hydrogen-bond donors (Lipinski definition) is 1. The van der Waals surface area contributed by atoms with Crippen LogP contribution in [0.2, 0.25) is 5.02 Å². The molecular weight excluding hydrogens is 488 g/mol. The summed E-state index contributed by atoms with van der Waals surface area (Å²) < 4.78 is 13.0. The predicted octanol–water partition coefficient (Wildman–Crippen LogP) is 5.10. The summed E-state index contributed by atoms with van der Waals surface area (Å²) in [6.45, 7) is 5.95. The van der Waals surface area contributed by atoms with Gasteiger partial charge >= 0.3 is 0 Å². The Morgan fingerprint density at radius 2 is 1.84 bits per heavy atom. The molecule has 1 N–H and O–H groups in total. The van der Waals surface area contributed by atoms with Crippen LogP contribution in [0.1, 0.15) is 12.8 Å². The zero-order valence-electron chi connectivity index (χ0n) is 20.9. The zero-order chi connectivity index (χ0) is 25.2. The van der Waals surface area contributed by atoms with E-state index in [1.807, 2.05) is 47.1 Å². The molecule has 0 saturated carbocycles. The number of benzene rings is 2. The fourth-order valence-electron chi connectivity index (χ4n) is 5.38. The Bertz CT molecular complexity index is 1380. The molecule has 6 rings (SSSR count). The third-order valence-electron chi connectivity index (χ3n) is 7.33. The molecule has 0 radical (unpaired) electrons. The Morgan fingerprint density at radius 3 is 2.65 bits per heavy atom. The van der Waals surface area contributed by atoms with Gasteiger partial charge in [-0.05, 0) is 61.4 Å². The molecule has 8 nitrogen and oxygen atoms in total. The molecule has 2 fully saturated rings. The van der Waals surface area contributed by atoms with E-state index in [-0.39, 0.29) is 0 Å². The summed E-state index contributed by atoms with van der Waals surface area (Å²) in [5, 5.41) is 8.82. The van der Waals surface area contributed by atoms with Gasteiger partial charge in [0.15, 0.2) is 0 Å². The van der Waals surface area contributed by atoms with E-state index in [1.54, 1.807) is 7.11 Å². The number of hydrogen-bond acceptors (Lipinski definition) is 7. The Kier molecular flexibility index (Phi) is 6.87. The van der Waals surface area contributed by atoms with Crippen molar-refractivity contribution < 1.29 is 9.47 Å². The molecule has 2 saturated heterocycles.